The number of aryl methyl sites for hydroxylation is 1. The zero-order valence-electron chi connectivity index (χ0n) is 14.8. The molecule has 1 heterocycles. The Balaban J connectivity index is 1.44. The number of benzene rings is 2. The predicted molar refractivity (Wildman–Crippen MR) is 103 cm³/mol. The maximum Gasteiger partial charge on any atom is 0.319 e. The Hall–Kier alpha value is -2.11. The van der Waals surface area contributed by atoms with Crippen molar-refractivity contribution in [3.63, 3.8) is 0 Å². The number of rotatable bonds is 4. The minimum Gasteiger partial charge on any atom is -0.335 e. The van der Waals surface area contributed by atoms with Gasteiger partial charge in [0.2, 0.25) is 0 Å². The standard InChI is InChI=1S/C20H23ClFN3O/c1-14-2-7-19(18(22)12-14)24-20(26)23-17-8-10-25(11-9-17)13-15-3-5-16(21)6-4-15/h2-7,12,17H,8-11,13H2,1H3,(H2,23,24,26). The Kier molecular flexibility index (Phi) is 6.12. The molecule has 1 fully saturated rings. The van der Waals surface area contributed by atoms with Crippen molar-refractivity contribution in [1.29, 1.82) is 0 Å². The van der Waals surface area contributed by atoms with Gasteiger partial charge in [-0.2, -0.15) is 0 Å². The number of halogens is 2. The molecule has 1 aliphatic rings. The first-order valence-corrected chi connectivity index (χ1v) is 9.18. The fraction of sp³-hybridized carbons (Fsp3) is 0.350. The van der Waals surface area contributed by atoms with Gasteiger partial charge in [-0.3, -0.25) is 4.90 Å². The molecule has 26 heavy (non-hydrogen) atoms. The number of hydrogen-bond acceptors (Lipinski definition) is 2. The van der Waals surface area contributed by atoms with Crippen LogP contribution >= 0.6 is 11.6 Å². The molecule has 3 rings (SSSR count). The lowest BCUT2D eigenvalue weighted by Gasteiger charge is -2.32. The van der Waals surface area contributed by atoms with E-state index in [1.54, 1.807) is 12.1 Å². The molecule has 0 unspecified atom stereocenters. The van der Waals surface area contributed by atoms with E-state index in [0.717, 1.165) is 43.1 Å². The highest BCUT2D eigenvalue weighted by atomic mass is 35.5. The van der Waals surface area contributed by atoms with Crippen LogP contribution in [0.3, 0.4) is 0 Å². The van der Waals surface area contributed by atoms with E-state index in [-0.39, 0.29) is 17.8 Å². The second-order valence-electron chi connectivity index (χ2n) is 6.76. The monoisotopic (exact) mass is 375 g/mol. The van der Waals surface area contributed by atoms with Crippen molar-refractivity contribution in [2.45, 2.75) is 32.4 Å². The zero-order chi connectivity index (χ0) is 18.5. The quantitative estimate of drug-likeness (QED) is 0.821. The van der Waals surface area contributed by atoms with Crippen LogP contribution in [-0.4, -0.2) is 30.1 Å². The second-order valence-corrected chi connectivity index (χ2v) is 7.20. The van der Waals surface area contributed by atoms with Gasteiger partial charge in [0, 0.05) is 30.7 Å². The molecular weight excluding hydrogens is 353 g/mol. The fourth-order valence-electron chi connectivity index (χ4n) is 3.15. The van der Waals surface area contributed by atoms with Gasteiger partial charge in [-0.25, -0.2) is 9.18 Å². The number of nitrogens with one attached hydrogen (secondary N) is 2. The summed E-state index contributed by atoms with van der Waals surface area (Å²) in [6.45, 7) is 4.51. The normalized spacial score (nSPS) is 15.7. The van der Waals surface area contributed by atoms with Crippen molar-refractivity contribution in [1.82, 2.24) is 10.2 Å². The maximum absolute atomic E-state index is 13.8. The molecule has 2 aromatic rings. The van der Waals surface area contributed by atoms with Crippen molar-refractivity contribution < 1.29 is 9.18 Å². The topological polar surface area (TPSA) is 44.4 Å². The Bertz CT molecular complexity index is 758. The number of piperidine rings is 1. The van der Waals surface area contributed by atoms with E-state index in [1.165, 1.54) is 11.6 Å². The molecule has 0 radical (unpaired) electrons. The van der Waals surface area contributed by atoms with Crippen LogP contribution in [0.15, 0.2) is 42.5 Å². The van der Waals surface area contributed by atoms with Gasteiger partial charge < -0.3 is 10.6 Å². The molecule has 2 amide bonds. The summed E-state index contributed by atoms with van der Waals surface area (Å²) in [6, 6.07) is 12.4. The molecule has 138 valence electrons. The van der Waals surface area contributed by atoms with Crippen LogP contribution in [-0.2, 0) is 6.54 Å². The summed E-state index contributed by atoms with van der Waals surface area (Å²) in [4.78, 5) is 14.5. The van der Waals surface area contributed by atoms with Crippen LogP contribution in [0.4, 0.5) is 14.9 Å². The predicted octanol–water partition coefficient (Wildman–Crippen LogP) is 4.57. The van der Waals surface area contributed by atoms with Crippen molar-refractivity contribution in [2.24, 2.45) is 0 Å². The molecule has 0 spiro atoms. The average Bonchev–Trinajstić information content (AvgIpc) is 2.61. The van der Waals surface area contributed by atoms with Crippen molar-refractivity contribution in [3.05, 3.63) is 64.4 Å². The number of anilines is 1. The first-order valence-electron chi connectivity index (χ1n) is 8.80. The lowest BCUT2D eigenvalue weighted by molar-refractivity contribution is 0.190. The van der Waals surface area contributed by atoms with Gasteiger partial charge in [0.1, 0.15) is 5.82 Å². The fourth-order valence-corrected chi connectivity index (χ4v) is 3.27. The number of nitrogens with zero attached hydrogens (tertiary/aromatic N) is 1. The summed E-state index contributed by atoms with van der Waals surface area (Å²) in [6.07, 6.45) is 1.74. The Labute approximate surface area is 158 Å². The third-order valence-electron chi connectivity index (χ3n) is 4.62. The number of carbonyl (C=O) groups excluding carboxylic acids is 1. The summed E-state index contributed by atoms with van der Waals surface area (Å²) in [5.41, 5.74) is 2.25. The lowest BCUT2D eigenvalue weighted by atomic mass is 10.0. The first-order chi connectivity index (χ1) is 12.5. The van der Waals surface area contributed by atoms with Gasteiger partial charge in [-0.15, -0.1) is 0 Å². The zero-order valence-corrected chi connectivity index (χ0v) is 15.5. The number of amides is 2. The van der Waals surface area contributed by atoms with E-state index in [9.17, 15) is 9.18 Å². The van der Waals surface area contributed by atoms with Crippen LogP contribution in [0, 0.1) is 12.7 Å². The van der Waals surface area contributed by atoms with Crippen LogP contribution in [0.2, 0.25) is 5.02 Å². The number of hydrogen-bond donors (Lipinski definition) is 2. The highest BCUT2D eigenvalue weighted by molar-refractivity contribution is 6.30. The maximum atomic E-state index is 13.8. The Morgan fingerprint density at radius 3 is 2.54 bits per heavy atom. The summed E-state index contributed by atoms with van der Waals surface area (Å²) in [7, 11) is 0. The molecule has 0 aromatic heterocycles. The van der Waals surface area contributed by atoms with Crippen molar-refractivity contribution in [3.8, 4) is 0 Å². The minimum atomic E-state index is -0.419. The van der Waals surface area contributed by atoms with E-state index in [1.807, 2.05) is 31.2 Å². The van der Waals surface area contributed by atoms with Crippen molar-refractivity contribution >= 4 is 23.3 Å². The molecule has 0 atom stereocenters. The van der Waals surface area contributed by atoms with Crippen LogP contribution in [0.5, 0.6) is 0 Å². The molecule has 0 saturated carbocycles. The van der Waals surface area contributed by atoms with E-state index in [4.69, 9.17) is 11.6 Å². The summed E-state index contributed by atoms with van der Waals surface area (Å²) in [5.74, 6) is -0.419. The number of likely N-dealkylation sites (tertiary alicyclic amines) is 1. The van der Waals surface area contributed by atoms with Gasteiger partial charge in [0.25, 0.3) is 0 Å². The van der Waals surface area contributed by atoms with E-state index in [0.29, 0.717) is 0 Å². The van der Waals surface area contributed by atoms with E-state index < -0.39 is 5.82 Å². The number of urea groups is 1. The highest BCUT2D eigenvalue weighted by Crippen LogP contribution is 2.17. The first kappa shape index (κ1) is 18.7. The summed E-state index contributed by atoms with van der Waals surface area (Å²) in [5, 5.41) is 6.27. The van der Waals surface area contributed by atoms with Gasteiger partial charge >= 0.3 is 6.03 Å². The van der Waals surface area contributed by atoms with E-state index in [2.05, 4.69) is 15.5 Å². The Morgan fingerprint density at radius 2 is 1.88 bits per heavy atom. The largest absolute Gasteiger partial charge is 0.335 e. The van der Waals surface area contributed by atoms with Gasteiger partial charge in [-0.05, 0) is 55.2 Å². The Morgan fingerprint density at radius 1 is 1.19 bits per heavy atom. The molecule has 2 aromatic carbocycles. The lowest BCUT2D eigenvalue weighted by Crippen LogP contribution is -2.45. The molecule has 1 aliphatic heterocycles. The third kappa shape index (κ3) is 5.19. The van der Waals surface area contributed by atoms with Crippen molar-refractivity contribution in [2.75, 3.05) is 18.4 Å². The van der Waals surface area contributed by atoms with Gasteiger partial charge in [-0.1, -0.05) is 29.8 Å². The molecule has 6 heteroatoms. The van der Waals surface area contributed by atoms with Gasteiger partial charge in [0.05, 0.1) is 5.69 Å². The SMILES string of the molecule is Cc1ccc(NC(=O)NC2CCN(Cc3ccc(Cl)cc3)CC2)c(F)c1. The minimum absolute atomic E-state index is 0.102. The second kappa shape index (κ2) is 8.52. The van der Waals surface area contributed by atoms with E-state index >= 15 is 0 Å². The average molecular weight is 376 g/mol. The molecule has 4 nitrogen and oxygen atoms in total. The molecular formula is C20H23ClFN3O. The van der Waals surface area contributed by atoms with Gasteiger partial charge in [0.15, 0.2) is 0 Å². The highest BCUT2D eigenvalue weighted by Gasteiger charge is 2.21. The van der Waals surface area contributed by atoms with Crippen LogP contribution in [0.25, 0.3) is 0 Å². The summed E-state index contributed by atoms with van der Waals surface area (Å²) >= 11 is 5.91. The van der Waals surface area contributed by atoms with Crippen LogP contribution < -0.4 is 10.6 Å². The molecule has 1 saturated heterocycles. The number of carbonyl (C=O) groups is 1. The smallest absolute Gasteiger partial charge is 0.319 e. The molecule has 2 N–H and O–H groups in total. The molecule has 0 aliphatic carbocycles. The van der Waals surface area contributed by atoms with Crippen LogP contribution in [0.1, 0.15) is 24.0 Å². The molecule has 0 bridgehead atoms. The summed E-state index contributed by atoms with van der Waals surface area (Å²) < 4.78 is 13.8. The third-order valence-corrected chi connectivity index (χ3v) is 4.87.